The minimum atomic E-state index is -0.0232. The lowest BCUT2D eigenvalue weighted by Gasteiger charge is -2.38. The van der Waals surface area contributed by atoms with E-state index in [0.717, 1.165) is 0 Å². The van der Waals surface area contributed by atoms with Gasteiger partial charge in [0.15, 0.2) is 0 Å². The lowest BCUT2D eigenvalue weighted by atomic mass is 10.1. The molecule has 3 rings (SSSR count). The van der Waals surface area contributed by atoms with Crippen molar-refractivity contribution in [2.45, 2.75) is 13.0 Å². The minimum absolute atomic E-state index is 0.00175. The molecule has 2 aromatic rings. The van der Waals surface area contributed by atoms with Gasteiger partial charge in [-0.2, -0.15) is 0 Å². The molecule has 0 atom stereocenters. The second kappa shape index (κ2) is 6.47. The van der Waals surface area contributed by atoms with Crippen LogP contribution in [-0.2, 0) is 0 Å². The molecule has 0 N–H and O–H groups in total. The van der Waals surface area contributed by atoms with Gasteiger partial charge in [-0.15, -0.1) is 0 Å². The van der Waals surface area contributed by atoms with Crippen LogP contribution in [0.25, 0.3) is 0 Å². The molecule has 0 saturated carbocycles. The summed E-state index contributed by atoms with van der Waals surface area (Å²) in [4.78, 5) is 18.4. The number of carbonyl (C=O) groups is 1. The van der Waals surface area contributed by atoms with Crippen molar-refractivity contribution in [3.63, 3.8) is 0 Å². The molecule has 0 bridgehead atoms. The first-order valence-corrected chi connectivity index (χ1v) is 7.36. The van der Waals surface area contributed by atoms with Gasteiger partial charge in [0.05, 0.1) is 25.3 Å². The number of rotatable bonds is 5. The number of likely N-dealkylation sites (tertiary alicyclic amines) is 1. The Bertz CT molecular complexity index is 639. The molecule has 2 heterocycles. The highest BCUT2D eigenvalue weighted by Crippen LogP contribution is 2.23. The van der Waals surface area contributed by atoms with Crippen molar-refractivity contribution in [1.82, 2.24) is 9.88 Å². The van der Waals surface area contributed by atoms with Crippen molar-refractivity contribution in [2.24, 2.45) is 0 Å². The van der Waals surface area contributed by atoms with Crippen molar-refractivity contribution < 1.29 is 14.3 Å². The third-order valence-electron chi connectivity index (χ3n) is 3.48. The summed E-state index contributed by atoms with van der Waals surface area (Å²) in [6, 6.07) is 12.9. The van der Waals surface area contributed by atoms with Crippen LogP contribution in [0, 0.1) is 0 Å². The number of amides is 1. The zero-order chi connectivity index (χ0) is 15.4. The van der Waals surface area contributed by atoms with Crippen LogP contribution in [0.5, 0.6) is 11.6 Å². The van der Waals surface area contributed by atoms with Crippen LogP contribution in [0.1, 0.15) is 17.3 Å². The van der Waals surface area contributed by atoms with E-state index >= 15 is 0 Å². The average molecular weight is 298 g/mol. The van der Waals surface area contributed by atoms with Gasteiger partial charge in [0, 0.05) is 12.3 Å². The lowest BCUT2D eigenvalue weighted by Crippen LogP contribution is -2.56. The van der Waals surface area contributed by atoms with E-state index in [1.165, 1.54) is 0 Å². The number of nitrogens with zero attached hydrogens (tertiary/aromatic N) is 2. The Morgan fingerprint density at radius 2 is 2.00 bits per heavy atom. The number of ether oxygens (including phenoxy) is 2. The Morgan fingerprint density at radius 1 is 1.23 bits per heavy atom. The fourth-order valence-corrected chi connectivity index (χ4v) is 2.36. The summed E-state index contributed by atoms with van der Waals surface area (Å²) < 4.78 is 11.2. The van der Waals surface area contributed by atoms with Crippen molar-refractivity contribution >= 4 is 5.91 Å². The van der Waals surface area contributed by atoms with Crippen LogP contribution in [0.3, 0.4) is 0 Å². The fraction of sp³-hybridized carbons (Fsp3) is 0.294. The molecule has 1 aromatic carbocycles. The highest BCUT2D eigenvalue weighted by molar-refractivity contribution is 5.97. The molecule has 0 spiro atoms. The van der Waals surface area contributed by atoms with E-state index in [9.17, 15) is 4.79 Å². The summed E-state index contributed by atoms with van der Waals surface area (Å²) in [7, 11) is 0. The van der Waals surface area contributed by atoms with Crippen LogP contribution in [0.4, 0.5) is 0 Å². The molecule has 0 radical (unpaired) electrons. The van der Waals surface area contributed by atoms with Crippen LogP contribution in [0.2, 0.25) is 0 Å². The number of hydrogen-bond donors (Lipinski definition) is 0. The van der Waals surface area contributed by atoms with Gasteiger partial charge in [-0.1, -0.05) is 18.2 Å². The van der Waals surface area contributed by atoms with E-state index in [1.807, 2.05) is 43.3 Å². The highest BCUT2D eigenvalue weighted by atomic mass is 16.5. The number of aromatic nitrogens is 1. The third kappa shape index (κ3) is 3.03. The summed E-state index contributed by atoms with van der Waals surface area (Å²) >= 11 is 0. The molecule has 1 fully saturated rings. The quantitative estimate of drug-likeness (QED) is 0.850. The number of hydrogen-bond acceptors (Lipinski definition) is 4. The van der Waals surface area contributed by atoms with Crippen molar-refractivity contribution in [1.29, 1.82) is 0 Å². The lowest BCUT2D eigenvalue weighted by molar-refractivity contribution is 0.0157. The topological polar surface area (TPSA) is 51.7 Å². The molecule has 0 unspecified atom stereocenters. The van der Waals surface area contributed by atoms with Gasteiger partial charge in [0.1, 0.15) is 11.9 Å². The van der Waals surface area contributed by atoms with E-state index in [0.29, 0.717) is 36.9 Å². The number of carbonyl (C=O) groups excluding carboxylic acids is 1. The van der Waals surface area contributed by atoms with Crippen molar-refractivity contribution in [3.05, 3.63) is 54.2 Å². The Labute approximate surface area is 129 Å². The number of benzene rings is 1. The third-order valence-corrected chi connectivity index (χ3v) is 3.48. The molecule has 22 heavy (non-hydrogen) atoms. The Hall–Kier alpha value is -2.56. The van der Waals surface area contributed by atoms with Crippen LogP contribution in [0.15, 0.2) is 48.7 Å². The van der Waals surface area contributed by atoms with Gasteiger partial charge in [-0.25, -0.2) is 4.98 Å². The summed E-state index contributed by atoms with van der Waals surface area (Å²) in [5.74, 6) is 1.20. The molecule has 1 amide bonds. The molecule has 1 aliphatic rings. The Balaban J connectivity index is 1.60. The maximum Gasteiger partial charge on any atom is 0.257 e. The molecule has 1 saturated heterocycles. The van der Waals surface area contributed by atoms with E-state index in [4.69, 9.17) is 9.47 Å². The minimum Gasteiger partial charge on any atom is -0.493 e. The Kier molecular flexibility index (Phi) is 4.23. The normalized spacial score (nSPS) is 14.3. The number of pyridine rings is 1. The van der Waals surface area contributed by atoms with Gasteiger partial charge in [0.25, 0.3) is 5.91 Å². The monoisotopic (exact) mass is 298 g/mol. The first-order valence-electron chi connectivity index (χ1n) is 7.36. The van der Waals surface area contributed by atoms with Crippen LogP contribution >= 0.6 is 0 Å². The average Bonchev–Trinajstić information content (AvgIpc) is 2.52. The summed E-state index contributed by atoms with van der Waals surface area (Å²) in [6.07, 6.45) is 1.69. The van der Waals surface area contributed by atoms with Crippen LogP contribution in [-0.4, -0.2) is 41.6 Å². The molecular weight excluding hydrogens is 280 g/mol. The SMILES string of the molecule is CCOc1ccccc1C(=O)N1CC(Oc2ccccn2)C1. The molecule has 1 aliphatic heterocycles. The van der Waals surface area contributed by atoms with E-state index in [1.54, 1.807) is 17.2 Å². The van der Waals surface area contributed by atoms with Gasteiger partial charge in [-0.05, 0) is 25.1 Å². The summed E-state index contributed by atoms with van der Waals surface area (Å²) in [6.45, 7) is 3.57. The zero-order valence-electron chi connectivity index (χ0n) is 12.4. The molecule has 1 aromatic heterocycles. The molecule has 5 heteroatoms. The maximum atomic E-state index is 12.5. The Morgan fingerprint density at radius 3 is 2.73 bits per heavy atom. The predicted octanol–water partition coefficient (Wildman–Crippen LogP) is 2.38. The van der Waals surface area contributed by atoms with E-state index < -0.39 is 0 Å². The fourth-order valence-electron chi connectivity index (χ4n) is 2.36. The molecule has 114 valence electrons. The number of para-hydroxylation sites is 1. The standard InChI is InChI=1S/C17H18N2O3/c1-2-21-15-8-4-3-7-14(15)17(20)19-11-13(12-19)22-16-9-5-6-10-18-16/h3-10,13H,2,11-12H2,1H3. The second-order valence-electron chi connectivity index (χ2n) is 5.05. The van der Waals surface area contributed by atoms with Crippen molar-refractivity contribution in [3.8, 4) is 11.6 Å². The second-order valence-corrected chi connectivity index (χ2v) is 5.05. The van der Waals surface area contributed by atoms with Gasteiger partial charge in [-0.3, -0.25) is 4.79 Å². The van der Waals surface area contributed by atoms with Gasteiger partial charge < -0.3 is 14.4 Å². The van der Waals surface area contributed by atoms with E-state index in [2.05, 4.69) is 4.98 Å². The summed E-state index contributed by atoms with van der Waals surface area (Å²) in [5, 5.41) is 0. The smallest absolute Gasteiger partial charge is 0.257 e. The molecule has 0 aliphatic carbocycles. The first kappa shape index (κ1) is 14.4. The maximum absolute atomic E-state index is 12.5. The van der Waals surface area contributed by atoms with Gasteiger partial charge in [0.2, 0.25) is 5.88 Å². The van der Waals surface area contributed by atoms with Crippen molar-refractivity contribution in [2.75, 3.05) is 19.7 Å². The van der Waals surface area contributed by atoms with E-state index in [-0.39, 0.29) is 12.0 Å². The predicted molar refractivity (Wildman–Crippen MR) is 82.2 cm³/mol. The highest BCUT2D eigenvalue weighted by Gasteiger charge is 2.34. The van der Waals surface area contributed by atoms with Crippen LogP contribution < -0.4 is 9.47 Å². The molecule has 5 nitrogen and oxygen atoms in total. The largest absolute Gasteiger partial charge is 0.493 e. The zero-order valence-corrected chi connectivity index (χ0v) is 12.4. The van der Waals surface area contributed by atoms with Gasteiger partial charge >= 0.3 is 0 Å². The summed E-state index contributed by atoms with van der Waals surface area (Å²) in [5.41, 5.74) is 0.598. The molecular formula is C17H18N2O3. The first-order chi connectivity index (χ1) is 10.8.